The Morgan fingerprint density at radius 1 is 1.23 bits per heavy atom. The van der Waals surface area contributed by atoms with Crippen LogP contribution < -0.4 is 10.9 Å². The summed E-state index contributed by atoms with van der Waals surface area (Å²) in [5, 5.41) is 4.45. The Kier molecular flexibility index (Phi) is 6.07. The Morgan fingerprint density at radius 2 is 2.05 bits per heavy atom. The van der Waals surface area contributed by atoms with E-state index in [1.807, 2.05) is 4.90 Å². The number of thioether (sulfide) groups is 1. The van der Waals surface area contributed by atoms with Gasteiger partial charge < -0.3 is 15.1 Å². The van der Waals surface area contributed by atoms with Crippen molar-refractivity contribution in [1.82, 2.24) is 24.3 Å². The number of ketones is 1. The van der Waals surface area contributed by atoms with E-state index < -0.39 is 5.54 Å². The minimum atomic E-state index is -0.471. The van der Waals surface area contributed by atoms with E-state index in [0.717, 1.165) is 59.8 Å². The molecule has 3 aliphatic heterocycles. The van der Waals surface area contributed by atoms with Crippen LogP contribution >= 0.6 is 34.7 Å². The van der Waals surface area contributed by atoms with Gasteiger partial charge in [-0.15, -0.1) is 11.3 Å². The van der Waals surface area contributed by atoms with Crippen molar-refractivity contribution in [3.05, 3.63) is 43.9 Å². The topological polar surface area (TPSA) is 100 Å². The molecule has 1 aliphatic carbocycles. The number of fused-ring (bicyclic) bond motifs is 5. The molecule has 2 saturated heterocycles. The number of hydrogen-bond acceptors (Lipinski definition) is 9. The zero-order chi connectivity index (χ0) is 27.1. The molecule has 0 bridgehead atoms. The lowest BCUT2D eigenvalue weighted by atomic mass is 9.86. The van der Waals surface area contributed by atoms with Crippen molar-refractivity contribution in [1.29, 1.82) is 0 Å². The monoisotopic (exact) mass is 584 g/mol. The molecule has 1 N–H and O–H groups in total. The van der Waals surface area contributed by atoms with Gasteiger partial charge in [-0.1, -0.05) is 11.6 Å². The predicted octanol–water partition coefficient (Wildman–Crippen LogP) is 3.55. The van der Waals surface area contributed by atoms with E-state index in [1.54, 1.807) is 33.7 Å². The number of rotatable bonds is 3. The summed E-state index contributed by atoms with van der Waals surface area (Å²) in [6.45, 7) is 4.62. The van der Waals surface area contributed by atoms with E-state index in [4.69, 9.17) is 11.6 Å². The van der Waals surface area contributed by atoms with Gasteiger partial charge in [0.2, 0.25) is 5.91 Å². The summed E-state index contributed by atoms with van der Waals surface area (Å²) in [5.74, 6) is 2.17. The van der Waals surface area contributed by atoms with E-state index in [1.165, 1.54) is 11.2 Å². The van der Waals surface area contributed by atoms with Gasteiger partial charge in [0.15, 0.2) is 5.78 Å². The van der Waals surface area contributed by atoms with Crippen LogP contribution in [0.15, 0.2) is 17.2 Å². The Morgan fingerprint density at radius 3 is 2.79 bits per heavy atom. The molecule has 2 atom stereocenters. The van der Waals surface area contributed by atoms with Crippen LogP contribution in [-0.4, -0.2) is 80.3 Å². The van der Waals surface area contributed by atoms with Crippen LogP contribution in [0, 0.1) is 5.92 Å². The summed E-state index contributed by atoms with van der Waals surface area (Å²) in [4.78, 5) is 55.1. The molecule has 3 aromatic rings. The van der Waals surface area contributed by atoms with Crippen LogP contribution in [0.2, 0.25) is 5.02 Å². The van der Waals surface area contributed by atoms with Gasteiger partial charge in [0.1, 0.15) is 28.4 Å². The number of halogens is 1. The van der Waals surface area contributed by atoms with Gasteiger partial charge in [-0.05, 0) is 44.9 Å². The highest BCUT2D eigenvalue weighted by Crippen LogP contribution is 2.46. The minimum Gasteiger partial charge on any atom is -0.340 e. The predicted molar refractivity (Wildman–Crippen MR) is 155 cm³/mol. The van der Waals surface area contributed by atoms with E-state index in [2.05, 4.69) is 34.2 Å². The van der Waals surface area contributed by atoms with Crippen molar-refractivity contribution < 1.29 is 9.59 Å². The van der Waals surface area contributed by atoms with Crippen LogP contribution in [0.3, 0.4) is 0 Å². The van der Waals surface area contributed by atoms with E-state index >= 15 is 0 Å². The summed E-state index contributed by atoms with van der Waals surface area (Å²) in [7, 11) is 2.11. The van der Waals surface area contributed by atoms with Crippen molar-refractivity contribution in [3.8, 4) is 0 Å². The summed E-state index contributed by atoms with van der Waals surface area (Å²) >= 11 is 9.89. The first-order valence-electron chi connectivity index (χ1n) is 13.3. The maximum atomic E-state index is 13.6. The summed E-state index contributed by atoms with van der Waals surface area (Å²) in [6.07, 6.45) is 4.06. The molecule has 12 heteroatoms. The first-order valence-corrected chi connectivity index (χ1v) is 15.7. The van der Waals surface area contributed by atoms with Gasteiger partial charge in [-0.3, -0.25) is 19.0 Å². The Hall–Kier alpha value is -2.47. The largest absolute Gasteiger partial charge is 0.340 e. The second-order valence-corrected chi connectivity index (χ2v) is 13.8. The van der Waals surface area contributed by atoms with E-state index in [0.29, 0.717) is 36.1 Å². The molecule has 0 radical (unpaired) electrons. The maximum absolute atomic E-state index is 13.6. The number of piperazine rings is 1. The second-order valence-electron chi connectivity index (χ2n) is 11.3. The molecule has 204 valence electrons. The number of amides is 1. The van der Waals surface area contributed by atoms with Crippen molar-refractivity contribution in [2.24, 2.45) is 5.92 Å². The zero-order valence-electron chi connectivity index (χ0n) is 21.8. The van der Waals surface area contributed by atoms with Crippen molar-refractivity contribution >= 4 is 68.1 Å². The molecule has 0 saturated carbocycles. The van der Waals surface area contributed by atoms with E-state index in [9.17, 15) is 14.4 Å². The van der Waals surface area contributed by atoms with Gasteiger partial charge in [0.25, 0.3) is 5.56 Å². The molecular formula is C27H29ClN6O3S2. The van der Waals surface area contributed by atoms with Gasteiger partial charge in [-0.25, -0.2) is 9.97 Å². The number of carbonyl (C=O) groups is 2. The van der Waals surface area contributed by atoms with Gasteiger partial charge in [0, 0.05) is 54.4 Å². The molecule has 0 aromatic carbocycles. The molecule has 3 aromatic heterocycles. The molecule has 1 amide bonds. The van der Waals surface area contributed by atoms with E-state index in [-0.39, 0.29) is 28.2 Å². The van der Waals surface area contributed by atoms with Gasteiger partial charge >= 0.3 is 0 Å². The lowest BCUT2D eigenvalue weighted by molar-refractivity contribution is -0.138. The number of likely N-dealkylation sites (N-methyl/N-ethyl adjacent to an activating group) is 1. The highest BCUT2D eigenvalue weighted by Gasteiger charge is 2.50. The highest BCUT2D eigenvalue weighted by atomic mass is 35.5. The number of Topliss-reactive ketones (excluding diaryl/α,β-unsaturated/α-hetero) is 1. The number of pyridine rings is 1. The number of thiophene rings is 1. The van der Waals surface area contributed by atoms with Gasteiger partial charge in [0.05, 0.1) is 15.9 Å². The van der Waals surface area contributed by atoms with Crippen LogP contribution in [0.5, 0.6) is 0 Å². The molecule has 0 unspecified atom stereocenters. The molecular weight excluding hydrogens is 556 g/mol. The molecule has 39 heavy (non-hydrogen) atoms. The number of anilines is 2. The Balaban J connectivity index is 1.20. The van der Waals surface area contributed by atoms with Crippen LogP contribution in [0.25, 0.3) is 10.2 Å². The van der Waals surface area contributed by atoms with Crippen LogP contribution in [0.4, 0.5) is 11.5 Å². The zero-order valence-corrected chi connectivity index (χ0v) is 24.2. The third-order valence-corrected chi connectivity index (χ3v) is 11.8. The fraction of sp³-hybridized carbons (Fsp3) is 0.519. The molecule has 1 spiro atoms. The van der Waals surface area contributed by atoms with Crippen molar-refractivity contribution in [3.63, 3.8) is 0 Å². The Bertz CT molecular complexity index is 1600. The number of hydrogen-bond donors (Lipinski definition) is 1. The summed E-state index contributed by atoms with van der Waals surface area (Å²) in [6, 6.07) is 1.92. The van der Waals surface area contributed by atoms with Crippen molar-refractivity contribution in [2.75, 3.05) is 43.5 Å². The molecule has 2 fully saturated rings. The Labute approximate surface area is 238 Å². The normalized spacial score (nSPS) is 24.1. The number of aromatic nitrogens is 3. The second kappa shape index (κ2) is 9.29. The third-order valence-electron chi connectivity index (χ3n) is 8.84. The van der Waals surface area contributed by atoms with Crippen molar-refractivity contribution in [2.45, 2.75) is 44.2 Å². The standard InChI is InChI=1S/C27H29ClN6O3S2/c1-14-10-33(6-5-32(14)2)25(36)15-3-4-16-20(7-15)39-24-21(16)23(29-13-30-24)31-18-8-17(28)22-19(35)9-27(11-38-12-27)34(22)26(18)37/h8,13-15H,3-7,9-12H2,1-2H3,(H,29,30,31)/t14-,15+/m1/s1. The first kappa shape index (κ1) is 25.5. The lowest BCUT2D eigenvalue weighted by Gasteiger charge is -2.39. The van der Waals surface area contributed by atoms with Crippen LogP contribution in [-0.2, 0) is 23.2 Å². The number of aryl methyl sites for hydroxylation is 1. The fourth-order valence-corrected chi connectivity index (χ4v) is 9.17. The highest BCUT2D eigenvalue weighted by molar-refractivity contribution is 8.00. The molecule has 9 nitrogen and oxygen atoms in total. The number of nitrogens with one attached hydrogen (secondary N) is 1. The summed E-state index contributed by atoms with van der Waals surface area (Å²) < 4.78 is 1.62. The molecule has 4 aliphatic rings. The smallest absolute Gasteiger partial charge is 0.275 e. The molecule has 6 heterocycles. The average Bonchev–Trinajstić information content (AvgIpc) is 3.44. The SMILES string of the molecule is C[C@@H]1CN(C(=O)[C@H]2CCc3c(sc4ncnc(Nc5cc(Cl)c6n(c5=O)C5(CSC5)CC6=O)c34)C2)CCN1C. The summed E-state index contributed by atoms with van der Waals surface area (Å²) in [5.41, 5.74) is 1.06. The number of nitrogens with zero attached hydrogens (tertiary/aromatic N) is 5. The minimum absolute atomic E-state index is 0.0280. The van der Waals surface area contributed by atoms with Crippen LogP contribution in [0.1, 0.15) is 40.7 Å². The fourth-order valence-electron chi connectivity index (χ4n) is 6.47. The molecule has 7 rings (SSSR count). The maximum Gasteiger partial charge on any atom is 0.275 e. The van der Waals surface area contributed by atoms with Gasteiger partial charge in [-0.2, -0.15) is 11.8 Å². The lowest BCUT2D eigenvalue weighted by Crippen LogP contribution is -2.53. The first-order chi connectivity index (χ1) is 18.8. The average molecular weight is 585 g/mol. The quantitative estimate of drug-likeness (QED) is 0.499. The third kappa shape index (κ3) is 3.95. The number of carbonyl (C=O) groups excluding carboxylic acids is 2.